The summed E-state index contributed by atoms with van der Waals surface area (Å²) in [7, 11) is -3.55. The fourth-order valence-corrected chi connectivity index (χ4v) is 4.39. The van der Waals surface area contributed by atoms with Crippen molar-refractivity contribution in [2.75, 3.05) is 22.2 Å². The Morgan fingerprint density at radius 1 is 1.04 bits per heavy atom. The highest BCUT2D eigenvalue weighted by atomic mass is 32.2. The number of nitrogens with zero attached hydrogens (tertiary/aromatic N) is 2. The molecule has 0 unspecified atom stereocenters. The smallest absolute Gasteiger partial charge is 0.342 e. The van der Waals surface area contributed by atoms with Crippen LogP contribution in [0.15, 0.2) is 48.5 Å². The third-order valence-corrected chi connectivity index (χ3v) is 5.59. The summed E-state index contributed by atoms with van der Waals surface area (Å²) in [5, 5.41) is 1.80. The minimum absolute atomic E-state index is 0.0188. The summed E-state index contributed by atoms with van der Waals surface area (Å²) >= 11 is 0. The van der Waals surface area contributed by atoms with E-state index in [2.05, 4.69) is 0 Å². The first-order valence-corrected chi connectivity index (χ1v) is 8.86. The van der Waals surface area contributed by atoms with Gasteiger partial charge in [-0.3, -0.25) is 4.79 Å². The van der Waals surface area contributed by atoms with Crippen LogP contribution in [0, 0.1) is 5.82 Å². The molecule has 1 aliphatic rings. The van der Waals surface area contributed by atoms with Crippen LogP contribution in [0.4, 0.5) is 30.2 Å². The second-order valence-electron chi connectivity index (χ2n) is 5.50. The molecular formula is C16H14F3N3O3S. The average molecular weight is 385 g/mol. The summed E-state index contributed by atoms with van der Waals surface area (Å²) in [6.07, 6.45) is 0. The van der Waals surface area contributed by atoms with E-state index in [-0.39, 0.29) is 17.1 Å². The first-order valence-electron chi connectivity index (χ1n) is 7.46. The molecule has 0 bridgehead atoms. The summed E-state index contributed by atoms with van der Waals surface area (Å²) in [6.45, 7) is -1.41. The highest BCUT2D eigenvalue weighted by Gasteiger charge is 2.49. The number of nitrogens with one attached hydrogen (secondary N) is 1. The molecule has 0 aliphatic carbocycles. The fraction of sp³-hybridized carbons (Fsp3) is 0.188. The lowest BCUT2D eigenvalue weighted by molar-refractivity contribution is -0.143. The number of para-hydroxylation sites is 3. The molecule has 0 aromatic heterocycles. The molecule has 3 rings (SSSR count). The normalized spacial score (nSPS) is 15.7. The van der Waals surface area contributed by atoms with Gasteiger partial charge in [-0.25, -0.2) is 13.0 Å². The van der Waals surface area contributed by atoms with E-state index in [4.69, 9.17) is 0 Å². The number of rotatable bonds is 4. The summed E-state index contributed by atoms with van der Waals surface area (Å²) < 4.78 is 69.3. The zero-order chi connectivity index (χ0) is 19.1. The monoisotopic (exact) mass is 385 g/mol. The van der Waals surface area contributed by atoms with Crippen LogP contribution in [0.3, 0.4) is 0 Å². The van der Waals surface area contributed by atoms with Crippen molar-refractivity contribution >= 4 is 33.2 Å². The third kappa shape index (κ3) is 2.75. The molecule has 6 nitrogen and oxygen atoms in total. The molecule has 1 aliphatic heterocycles. The number of hydrogen-bond donors (Lipinski definition) is 1. The quantitative estimate of drug-likeness (QED) is 0.879. The molecule has 0 spiro atoms. The highest BCUT2D eigenvalue weighted by molar-refractivity contribution is 7.95. The van der Waals surface area contributed by atoms with Gasteiger partial charge in [0.1, 0.15) is 12.4 Å². The molecule has 0 atom stereocenters. The highest BCUT2D eigenvalue weighted by Crippen LogP contribution is 2.46. The number of anilines is 3. The zero-order valence-corrected chi connectivity index (χ0v) is 14.3. The van der Waals surface area contributed by atoms with Crippen molar-refractivity contribution in [2.45, 2.75) is 5.92 Å². The number of hydrogen-bond acceptors (Lipinski definition) is 3. The van der Waals surface area contributed by atoms with Crippen LogP contribution < -0.4 is 13.9 Å². The number of fused-ring (bicyclic) bond motifs is 1. The third-order valence-electron chi connectivity index (χ3n) is 3.85. The molecular weight excluding hydrogens is 371 g/mol. The lowest BCUT2D eigenvalue weighted by Gasteiger charge is -2.25. The molecule has 2 aromatic carbocycles. The molecule has 0 radical (unpaired) electrons. The Labute approximate surface area is 148 Å². The van der Waals surface area contributed by atoms with Gasteiger partial charge >= 0.3 is 16.1 Å². The number of halogens is 3. The maximum atomic E-state index is 14.2. The van der Waals surface area contributed by atoms with Gasteiger partial charge in [0.05, 0.1) is 17.1 Å². The summed E-state index contributed by atoms with van der Waals surface area (Å²) in [5.74, 6) is -6.42. The van der Waals surface area contributed by atoms with Gasteiger partial charge in [0, 0.05) is 7.05 Å². The van der Waals surface area contributed by atoms with E-state index in [1.165, 1.54) is 42.5 Å². The first kappa shape index (κ1) is 18.1. The number of carbonyl (C=O) groups is 1. The summed E-state index contributed by atoms with van der Waals surface area (Å²) in [6, 6.07) is 10.8. The van der Waals surface area contributed by atoms with Crippen molar-refractivity contribution in [3.63, 3.8) is 0 Å². The van der Waals surface area contributed by atoms with Gasteiger partial charge < -0.3 is 5.32 Å². The van der Waals surface area contributed by atoms with Gasteiger partial charge in [-0.05, 0) is 24.3 Å². The molecule has 1 amide bonds. The zero-order valence-electron chi connectivity index (χ0n) is 13.5. The van der Waals surface area contributed by atoms with Crippen molar-refractivity contribution in [3.8, 4) is 0 Å². The fourth-order valence-electron chi connectivity index (χ4n) is 2.67. The van der Waals surface area contributed by atoms with Crippen LogP contribution in [0.2, 0.25) is 0 Å². The van der Waals surface area contributed by atoms with E-state index in [0.29, 0.717) is 8.61 Å². The van der Waals surface area contributed by atoms with Crippen LogP contribution in [-0.4, -0.2) is 33.8 Å². The second-order valence-corrected chi connectivity index (χ2v) is 7.20. The Morgan fingerprint density at radius 2 is 1.58 bits per heavy atom. The Balaban J connectivity index is 2.14. The van der Waals surface area contributed by atoms with Gasteiger partial charge in [0.15, 0.2) is 0 Å². The van der Waals surface area contributed by atoms with Crippen molar-refractivity contribution in [2.24, 2.45) is 0 Å². The molecule has 0 saturated heterocycles. The predicted octanol–water partition coefficient (Wildman–Crippen LogP) is 2.41. The van der Waals surface area contributed by atoms with Crippen molar-refractivity contribution in [1.82, 2.24) is 5.32 Å². The first-order chi connectivity index (χ1) is 12.2. The minimum atomic E-state index is -4.57. The molecule has 1 N–H and O–H groups in total. The molecule has 0 fully saturated rings. The standard InChI is InChI=1S/C16H14F3N3O3S/c1-20-15(23)16(18,19)10-21-13-8-4-5-9-14(13)22(26(21,24)25)12-7-3-2-6-11(12)17/h2-9H,10H2,1H3,(H,20,23). The Kier molecular flexibility index (Phi) is 4.31. The number of carbonyl (C=O) groups excluding carboxylic acids is 1. The summed E-state index contributed by atoms with van der Waals surface area (Å²) in [5.41, 5.74) is -0.352. The maximum absolute atomic E-state index is 14.2. The molecule has 0 saturated carbocycles. The number of amides is 1. The molecule has 10 heteroatoms. The lowest BCUT2D eigenvalue weighted by Crippen LogP contribution is -2.49. The van der Waals surface area contributed by atoms with E-state index >= 15 is 0 Å². The number of benzene rings is 2. The van der Waals surface area contributed by atoms with Crippen LogP contribution in [-0.2, 0) is 15.0 Å². The SMILES string of the molecule is CNC(=O)C(F)(F)CN1c2ccccc2N(c2ccccc2F)S1(=O)=O. The van der Waals surface area contributed by atoms with Gasteiger partial charge in [-0.1, -0.05) is 24.3 Å². The largest absolute Gasteiger partial charge is 0.354 e. The lowest BCUT2D eigenvalue weighted by atomic mass is 10.2. The van der Waals surface area contributed by atoms with E-state index in [9.17, 15) is 26.4 Å². The molecule has 26 heavy (non-hydrogen) atoms. The van der Waals surface area contributed by atoms with Gasteiger partial charge in [0.2, 0.25) is 0 Å². The van der Waals surface area contributed by atoms with Crippen LogP contribution in [0.5, 0.6) is 0 Å². The van der Waals surface area contributed by atoms with Crippen molar-refractivity contribution < 1.29 is 26.4 Å². The Morgan fingerprint density at radius 3 is 2.15 bits per heavy atom. The topological polar surface area (TPSA) is 69.7 Å². The molecule has 1 heterocycles. The van der Waals surface area contributed by atoms with Crippen LogP contribution >= 0.6 is 0 Å². The number of alkyl halides is 2. The summed E-state index contributed by atoms with van der Waals surface area (Å²) in [4.78, 5) is 11.4. The van der Waals surface area contributed by atoms with Crippen molar-refractivity contribution in [1.29, 1.82) is 0 Å². The predicted molar refractivity (Wildman–Crippen MR) is 90.3 cm³/mol. The van der Waals surface area contributed by atoms with E-state index < -0.39 is 34.4 Å². The molecule has 2 aromatic rings. The Bertz CT molecular complexity index is 966. The van der Waals surface area contributed by atoms with Crippen molar-refractivity contribution in [3.05, 3.63) is 54.3 Å². The van der Waals surface area contributed by atoms with Gasteiger partial charge in [-0.15, -0.1) is 0 Å². The van der Waals surface area contributed by atoms with E-state index in [0.717, 1.165) is 13.1 Å². The van der Waals surface area contributed by atoms with Gasteiger partial charge in [0.25, 0.3) is 5.91 Å². The van der Waals surface area contributed by atoms with E-state index in [1.807, 2.05) is 0 Å². The van der Waals surface area contributed by atoms with Crippen LogP contribution in [0.1, 0.15) is 0 Å². The van der Waals surface area contributed by atoms with E-state index in [1.54, 1.807) is 5.32 Å². The van der Waals surface area contributed by atoms with Crippen LogP contribution in [0.25, 0.3) is 0 Å². The second kappa shape index (κ2) is 6.20. The average Bonchev–Trinajstić information content (AvgIpc) is 2.82. The molecule has 138 valence electrons. The Hall–Kier alpha value is -2.75. The van der Waals surface area contributed by atoms with Gasteiger partial charge in [-0.2, -0.15) is 17.2 Å². The minimum Gasteiger partial charge on any atom is -0.354 e. The maximum Gasteiger partial charge on any atom is 0.342 e.